The van der Waals surface area contributed by atoms with Gasteiger partial charge in [-0.15, -0.1) is 0 Å². The summed E-state index contributed by atoms with van der Waals surface area (Å²) in [5, 5.41) is 0. The van der Waals surface area contributed by atoms with E-state index in [1.165, 1.54) is 55.9 Å². The summed E-state index contributed by atoms with van der Waals surface area (Å²) in [5.74, 6) is 0. The fourth-order valence-corrected chi connectivity index (χ4v) is 8.20. The van der Waals surface area contributed by atoms with E-state index in [9.17, 15) is 0 Å². The molecule has 0 spiro atoms. The number of nitrogens with zero attached hydrogens (tertiary/aromatic N) is 2. The fraction of sp³-hybridized carbons (Fsp3) is 0.0980. The smallest absolute Gasteiger partial charge is 0.0559 e. The third kappa shape index (κ3) is 6.07. The standard InChI is InChI=1S/C51H42N2/c1-51(2)49-35-39(37-23-29-45(30-24-37)52(41-15-7-3-8-16-41)42-17-9-4-10-18-42)27-33-47(49)48-34-28-40(36-50(48)51)38-25-31-46(32-26-38)53(43-19-11-5-12-20-43)44-21-13-6-14-22-44/h3-21,23-36,44H,22H2,1-2H3. The van der Waals surface area contributed by atoms with Gasteiger partial charge in [-0.05, 0) is 124 Å². The van der Waals surface area contributed by atoms with Crippen molar-refractivity contribution in [3.8, 4) is 33.4 Å². The van der Waals surface area contributed by atoms with Crippen LogP contribution >= 0.6 is 0 Å². The van der Waals surface area contributed by atoms with Gasteiger partial charge in [0.05, 0.1) is 6.04 Å². The van der Waals surface area contributed by atoms with Crippen LogP contribution in [0.15, 0.2) is 200 Å². The average molecular weight is 683 g/mol. The molecule has 0 saturated carbocycles. The minimum Gasteiger partial charge on any atom is -0.334 e. The fourth-order valence-electron chi connectivity index (χ4n) is 8.20. The Bertz CT molecular complexity index is 2380. The van der Waals surface area contributed by atoms with Crippen LogP contribution in [-0.4, -0.2) is 6.04 Å². The van der Waals surface area contributed by atoms with E-state index in [2.05, 4.69) is 224 Å². The quantitative estimate of drug-likeness (QED) is 0.157. The van der Waals surface area contributed by atoms with Crippen LogP contribution < -0.4 is 9.80 Å². The molecule has 0 aliphatic heterocycles. The Morgan fingerprint density at radius 3 is 1.32 bits per heavy atom. The first-order valence-electron chi connectivity index (χ1n) is 18.6. The molecule has 9 rings (SSSR count). The molecular weight excluding hydrogens is 641 g/mol. The summed E-state index contributed by atoms with van der Waals surface area (Å²) < 4.78 is 0. The number of anilines is 5. The second-order valence-electron chi connectivity index (χ2n) is 14.6. The van der Waals surface area contributed by atoms with Crippen LogP contribution in [0.1, 0.15) is 31.4 Å². The van der Waals surface area contributed by atoms with Gasteiger partial charge in [0.1, 0.15) is 0 Å². The van der Waals surface area contributed by atoms with Gasteiger partial charge < -0.3 is 9.80 Å². The van der Waals surface area contributed by atoms with Crippen LogP contribution in [0.25, 0.3) is 33.4 Å². The van der Waals surface area contributed by atoms with Crippen molar-refractivity contribution in [2.75, 3.05) is 9.80 Å². The molecule has 0 saturated heterocycles. The number of allylic oxidation sites excluding steroid dienone is 2. The molecule has 0 N–H and O–H groups in total. The highest BCUT2D eigenvalue weighted by atomic mass is 15.2. The molecule has 0 amide bonds. The van der Waals surface area contributed by atoms with Crippen LogP contribution in [0.2, 0.25) is 0 Å². The van der Waals surface area contributed by atoms with Crippen LogP contribution in [0.5, 0.6) is 0 Å². The molecule has 0 fully saturated rings. The number of rotatable bonds is 8. The zero-order valence-electron chi connectivity index (χ0n) is 30.2. The van der Waals surface area contributed by atoms with Gasteiger partial charge in [0.15, 0.2) is 0 Å². The van der Waals surface area contributed by atoms with Gasteiger partial charge in [-0.3, -0.25) is 0 Å². The lowest BCUT2D eigenvalue weighted by Gasteiger charge is -2.32. The van der Waals surface area contributed by atoms with Gasteiger partial charge >= 0.3 is 0 Å². The number of hydrogen-bond donors (Lipinski definition) is 0. The molecule has 2 heteroatoms. The zero-order chi connectivity index (χ0) is 35.8. The SMILES string of the molecule is CC1(C)c2cc(-c3ccc(N(c4ccccc4)c4ccccc4)cc3)ccc2-c2ccc(-c3ccc(N(c4ccccc4)C4C=CC=CC4)cc3)cc21. The van der Waals surface area contributed by atoms with Crippen LogP contribution in [-0.2, 0) is 5.41 Å². The van der Waals surface area contributed by atoms with Crippen molar-refractivity contribution in [1.82, 2.24) is 0 Å². The van der Waals surface area contributed by atoms with Gasteiger partial charge in [0.2, 0.25) is 0 Å². The van der Waals surface area contributed by atoms with Crippen molar-refractivity contribution in [1.29, 1.82) is 0 Å². The lowest BCUT2D eigenvalue weighted by atomic mass is 9.81. The van der Waals surface area contributed by atoms with Gasteiger partial charge in [-0.2, -0.15) is 0 Å². The molecule has 0 bridgehead atoms. The summed E-state index contributed by atoms with van der Waals surface area (Å²) in [6.45, 7) is 4.75. The molecule has 7 aromatic rings. The Labute approximate surface area is 313 Å². The molecule has 7 aromatic carbocycles. The lowest BCUT2D eigenvalue weighted by Crippen LogP contribution is -2.29. The second-order valence-corrected chi connectivity index (χ2v) is 14.6. The maximum atomic E-state index is 2.44. The monoisotopic (exact) mass is 682 g/mol. The molecule has 0 heterocycles. The number of para-hydroxylation sites is 3. The Balaban J connectivity index is 0.996. The Morgan fingerprint density at radius 1 is 0.434 bits per heavy atom. The van der Waals surface area contributed by atoms with Gasteiger partial charge in [0.25, 0.3) is 0 Å². The van der Waals surface area contributed by atoms with Crippen molar-refractivity contribution in [3.63, 3.8) is 0 Å². The van der Waals surface area contributed by atoms with Crippen molar-refractivity contribution < 1.29 is 0 Å². The van der Waals surface area contributed by atoms with Crippen LogP contribution in [0.4, 0.5) is 28.4 Å². The average Bonchev–Trinajstić information content (AvgIpc) is 3.45. The Hall–Kier alpha value is -6.38. The van der Waals surface area contributed by atoms with Crippen molar-refractivity contribution >= 4 is 28.4 Å². The van der Waals surface area contributed by atoms with Crippen molar-refractivity contribution in [2.45, 2.75) is 31.7 Å². The first-order valence-corrected chi connectivity index (χ1v) is 18.6. The largest absolute Gasteiger partial charge is 0.334 e. The molecule has 2 aliphatic rings. The third-order valence-electron chi connectivity index (χ3n) is 11.0. The molecule has 2 nitrogen and oxygen atoms in total. The number of benzene rings is 7. The van der Waals surface area contributed by atoms with Gasteiger partial charge in [-0.25, -0.2) is 0 Å². The second kappa shape index (κ2) is 13.6. The highest BCUT2D eigenvalue weighted by Gasteiger charge is 2.36. The normalized spacial score (nSPS) is 15.1. The topological polar surface area (TPSA) is 6.48 Å². The van der Waals surface area contributed by atoms with E-state index in [4.69, 9.17) is 0 Å². The van der Waals surface area contributed by atoms with Crippen LogP contribution in [0.3, 0.4) is 0 Å². The molecule has 1 unspecified atom stereocenters. The minimum atomic E-state index is -0.126. The van der Waals surface area contributed by atoms with E-state index in [1.54, 1.807) is 0 Å². The highest BCUT2D eigenvalue weighted by Crippen LogP contribution is 2.51. The zero-order valence-corrected chi connectivity index (χ0v) is 30.2. The van der Waals surface area contributed by atoms with E-state index in [-0.39, 0.29) is 11.5 Å². The summed E-state index contributed by atoms with van der Waals surface area (Å²) in [6, 6.07) is 64.3. The predicted octanol–water partition coefficient (Wildman–Crippen LogP) is 13.8. The minimum absolute atomic E-state index is 0.126. The van der Waals surface area contributed by atoms with Crippen LogP contribution in [0, 0.1) is 0 Å². The maximum Gasteiger partial charge on any atom is 0.0559 e. The molecule has 256 valence electrons. The molecule has 53 heavy (non-hydrogen) atoms. The molecule has 0 aromatic heterocycles. The summed E-state index contributed by atoms with van der Waals surface area (Å²) in [5.41, 5.74) is 16.1. The predicted molar refractivity (Wildman–Crippen MR) is 225 cm³/mol. The third-order valence-corrected chi connectivity index (χ3v) is 11.0. The summed E-state index contributed by atoms with van der Waals surface area (Å²) >= 11 is 0. The summed E-state index contributed by atoms with van der Waals surface area (Å²) in [6.07, 6.45) is 9.84. The summed E-state index contributed by atoms with van der Waals surface area (Å²) in [4.78, 5) is 4.75. The highest BCUT2D eigenvalue weighted by molar-refractivity contribution is 5.86. The van der Waals surface area contributed by atoms with E-state index in [1.807, 2.05) is 0 Å². The first kappa shape index (κ1) is 32.5. The van der Waals surface area contributed by atoms with Crippen molar-refractivity contribution in [3.05, 3.63) is 211 Å². The van der Waals surface area contributed by atoms with Gasteiger partial charge in [-0.1, -0.05) is 141 Å². The van der Waals surface area contributed by atoms with Crippen molar-refractivity contribution in [2.24, 2.45) is 0 Å². The first-order chi connectivity index (χ1) is 26.0. The molecule has 0 radical (unpaired) electrons. The van der Waals surface area contributed by atoms with Gasteiger partial charge in [0, 0.05) is 33.9 Å². The number of hydrogen-bond acceptors (Lipinski definition) is 2. The lowest BCUT2D eigenvalue weighted by molar-refractivity contribution is 0.661. The van der Waals surface area contributed by atoms with E-state index in [0.717, 1.165) is 23.5 Å². The van der Waals surface area contributed by atoms with E-state index in [0.29, 0.717) is 0 Å². The summed E-state index contributed by atoms with van der Waals surface area (Å²) in [7, 11) is 0. The number of fused-ring (bicyclic) bond motifs is 3. The molecular formula is C51H42N2. The molecule has 1 atom stereocenters. The molecule has 2 aliphatic carbocycles. The van der Waals surface area contributed by atoms with E-state index >= 15 is 0 Å². The van der Waals surface area contributed by atoms with E-state index < -0.39 is 0 Å². The Kier molecular flexibility index (Phi) is 8.37. The Morgan fingerprint density at radius 2 is 0.849 bits per heavy atom. The maximum absolute atomic E-state index is 2.44.